The van der Waals surface area contributed by atoms with Gasteiger partial charge < -0.3 is 9.72 Å². The summed E-state index contributed by atoms with van der Waals surface area (Å²) in [6.45, 7) is 0. The molecule has 4 aromatic rings. The smallest absolute Gasteiger partial charge is 0.271 e. The van der Waals surface area contributed by atoms with E-state index in [1.165, 1.54) is 6.20 Å². The summed E-state index contributed by atoms with van der Waals surface area (Å²) < 4.78 is 5.25. The van der Waals surface area contributed by atoms with Crippen LogP contribution in [0.3, 0.4) is 0 Å². The van der Waals surface area contributed by atoms with Gasteiger partial charge in [0.1, 0.15) is 5.75 Å². The number of aromatic amines is 1. The second-order valence-corrected chi connectivity index (χ2v) is 7.00. The maximum Gasteiger partial charge on any atom is 0.271 e. The molecule has 7 nitrogen and oxygen atoms in total. The molecule has 2 heterocycles. The van der Waals surface area contributed by atoms with Crippen LogP contribution in [0.15, 0.2) is 73.1 Å². The molecule has 2 aromatic carbocycles. The lowest BCUT2D eigenvalue weighted by Gasteiger charge is -2.09. The van der Waals surface area contributed by atoms with Gasteiger partial charge in [-0.3, -0.25) is 25.4 Å². The van der Waals surface area contributed by atoms with Crippen molar-refractivity contribution in [2.75, 3.05) is 7.11 Å². The number of fused-ring (bicyclic) bond motifs is 1. The standard InChI is InChI=1S/C24H22N4O3/c1-31-18-10-8-16(9-11-18)23-20(19-6-2-3-7-21(19)26-23)12-13-22(29)27-28-24(30)17-5-4-14-25-15-17/h2-11,14-15,26H,12-13H2,1H3,(H,27,29)(H,28,30). The van der Waals surface area contributed by atoms with Crippen molar-refractivity contribution < 1.29 is 14.3 Å². The summed E-state index contributed by atoms with van der Waals surface area (Å²) in [5.41, 5.74) is 9.31. The molecule has 31 heavy (non-hydrogen) atoms. The van der Waals surface area contributed by atoms with Gasteiger partial charge in [0.2, 0.25) is 5.91 Å². The summed E-state index contributed by atoms with van der Waals surface area (Å²) in [6.07, 6.45) is 3.75. The van der Waals surface area contributed by atoms with Gasteiger partial charge in [-0.2, -0.15) is 0 Å². The van der Waals surface area contributed by atoms with E-state index in [1.54, 1.807) is 25.4 Å². The molecule has 0 aliphatic carbocycles. The van der Waals surface area contributed by atoms with E-state index in [1.807, 2.05) is 48.5 Å². The van der Waals surface area contributed by atoms with Gasteiger partial charge in [0.25, 0.3) is 5.91 Å². The van der Waals surface area contributed by atoms with Gasteiger partial charge in [0.05, 0.1) is 12.7 Å². The van der Waals surface area contributed by atoms with Crippen LogP contribution in [0.5, 0.6) is 5.75 Å². The van der Waals surface area contributed by atoms with Crippen molar-refractivity contribution in [1.82, 2.24) is 20.8 Å². The normalized spacial score (nSPS) is 10.6. The fraction of sp³-hybridized carbons (Fsp3) is 0.125. The molecule has 0 spiro atoms. The van der Waals surface area contributed by atoms with E-state index in [2.05, 4.69) is 20.8 Å². The number of aryl methyl sites for hydroxylation is 1. The molecule has 0 saturated carbocycles. The summed E-state index contributed by atoms with van der Waals surface area (Å²) in [5, 5.41) is 1.07. The number of benzene rings is 2. The molecule has 0 unspecified atom stereocenters. The van der Waals surface area contributed by atoms with Crippen LogP contribution in [0, 0.1) is 0 Å². The number of hydrogen-bond acceptors (Lipinski definition) is 4. The van der Waals surface area contributed by atoms with Gasteiger partial charge >= 0.3 is 0 Å². The minimum Gasteiger partial charge on any atom is -0.497 e. The molecule has 3 N–H and O–H groups in total. The van der Waals surface area contributed by atoms with E-state index in [4.69, 9.17) is 4.74 Å². The first-order chi connectivity index (χ1) is 15.2. The lowest BCUT2D eigenvalue weighted by molar-refractivity contribution is -0.121. The average Bonchev–Trinajstić information content (AvgIpc) is 3.20. The third-order valence-electron chi connectivity index (χ3n) is 5.03. The topological polar surface area (TPSA) is 96.1 Å². The number of hydrazine groups is 1. The number of para-hydroxylation sites is 1. The molecule has 0 fully saturated rings. The third-order valence-corrected chi connectivity index (χ3v) is 5.03. The fourth-order valence-electron chi connectivity index (χ4n) is 3.46. The summed E-state index contributed by atoms with van der Waals surface area (Å²) in [6, 6.07) is 19.1. The SMILES string of the molecule is COc1ccc(-c2[nH]c3ccccc3c2CCC(=O)NNC(=O)c2cccnc2)cc1. The van der Waals surface area contributed by atoms with Crippen LogP contribution in [0.25, 0.3) is 22.2 Å². The summed E-state index contributed by atoms with van der Waals surface area (Å²) >= 11 is 0. The lowest BCUT2D eigenvalue weighted by atomic mass is 10.0. The minimum absolute atomic E-state index is 0.221. The summed E-state index contributed by atoms with van der Waals surface area (Å²) in [7, 11) is 1.63. The number of H-pyrrole nitrogens is 1. The number of hydrogen-bond donors (Lipinski definition) is 3. The number of pyridine rings is 1. The van der Waals surface area contributed by atoms with Crippen LogP contribution in [0.1, 0.15) is 22.3 Å². The van der Waals surface area contributed by atoms with Crippen LogP contribution in [0.2, 0.25) is 0 Å². The first kappa shape index (κ1) is 20.2. The highest BCUT2D eigenvalue weighted by molar-refractivity contribution is 5.95. The molecule has 0 bridgehead atoms. The van der Waals surface area contributed by atoms with Crippen molar-refractivity contribution in [3.8, 4) is 17.0 Å². The molecule has 0 atom stereocenters. The quantitative estimate of drug-likeness (QED) is 0.420. The zero-order valence-corrected chi connectivity index (χ0v) is 17.0. The predicted octanol–water partition coefficient (Wildman–Crippen LogP) is 3.63. The zero-order valence-electron chi connectivity index (χ0n) is 17.0. The van der Waals surface area contributed by atoms with E-state index < -0.39 is 5.91 Å². The van der Waals surface area contributed by atoms with Gasteiger partial charge in [0.15, 0.2) is 0 Å². The highest BCUT2D eigenvalue weighted by Crippen LogP contribution is 2.32. The predicted molar refractivity (Wildman–Crippen MR) is 118 cm³/mol. The molecule has 4 rings (SSSR count). The Kier molecular flexibility index (Phi) is 5.93. The second-order valence-electron chi connectivity index (χ2n) is 7.00. The number of amides is 2. The van der Waals surface area contributed by atoms with Crippen molar-refractivity contribution in [2.24, 2.45) is 0 Å². The largest absolute Gasteiger partial charge is 0.497 e. The number of aromatic nitrogens is 2. The molecule has 0 aliphatic rings. The monoisotopic (exact) mass is 414 g/mol. The molecular weight excluding hydrogens is 392 g/mol. The van der Waals surface area contributed by atoms with Gasteiger partial charge in [-0.25, -0.2) is 0 Å². The molecule has 7 heteroatoms. The Labute approximate surface area is 179 Å². The van der Waals surface area contributed by atoms with Crippen molar-refractivity contribution in [1.29, 1.82) is 0 Å². The van der Waals surface area contributed by atoms with E-state index in [-0.39, 0.29) is 12.3 Å². The van der Waals surface area contributed by atoms with Crippen LogP contribution in [-0.2, 0) is 11.2 Å². The zero-order chi connectivity index (χ0) is 21.6. The fourth-order valence-corrected chi connectivity index (χ4v) is 3.46. The lowest BCUT2D eigenvalue weighted by Crippen LogP contribution is -2.41. The van der Waals surface area contributed by atoms with Gasteiger partial charge in [-0.05, 0) is 60.0 Å². The maximum atomic E-state index is 12.4. The number of nitrogens with zero attached hydrogens (tertiary/aromatic N) is 1. The third kappa shape index (κ3) is 4.56. The van der Waals surface area contributed by atoms with Gasteiger partial charge in [0, 0.05) is 35.4 Å². The summed E-state index contributed by atoms with van der Waals surface area (Å²) in [5.74, 6) is 0.0980. The Morgan fingerprint density at radius 2 is 1.81 bits per heavy atom. The Morgan fingerprint density at radius 3 is 2.55 bits per heavy atom. The number of ether oxygens (including phenoxy) is 1. The summed E-state index contributed by atoms with van der Waals surface area (Å²) in [4.78, 5) is 31.8. The molecule has 0 aliphatic heterocycles. The molecule has 2 amide bonds. The van der Waals surface area contributed by atoms with E-state index in [9.17, 15) is 9.59 Å². The molecule has 2 aromatic heterocycles. The van der Waals surface area contributed by atoms with Crippen LogP contribution in [0.4, 0.5) is 0 Å². The Hall–Kier alpha value is -4.13. The molecule has 156 valence electrons. The van der Waals surface area contributed by atoms with Crippen LogP contribution in [-0.4, -0.2) is 28.9 Å². The molecular formula is C24H22N4O3. The Balaban J connectivity index is 1.48. The number of methoxy groups -OCH3 is 1. The maximum absolute atomic E-state index is 12.4. The van der Waals surface area contributed by atoms with Crippen molar-refractivity contribution >= 4 is 22.7 Å². The van der Waals surface area contributed by atoms with Crippen molar-refractivity contribution in [3.05, 3.63) is 84.2 Å². The van der Waals surface area contributed by atoms with Gasteiger partial charge in [-0.15, -0.1) is 0 Å². The van der Waals surface area contributed by atoms with E-state index in [0.29, 0.717) is 12.0 Å². The van der Waals surface area contributed by atoms with Crippen LogP contribution < -0.4 is 15.6 Å². The van der Waals surface area contributed by atoms with E-state index in [0.717, 1.165) is 33.5 Å². The van der Waals surface area contributed by atoms with Crippen molar-refractivity contribution in [3.63, 3.8) is 0 Å². The average molecular weight is 414 g/mol. The van der Waals surface area contributed by atoms with Gasteiger partial charge in [-0.1, -0.05) is 18.2 Å². The van der Waals surface area contributed by atoms with E-state index >= 15 is 0 Å². The highest BCUT2D eigenvalue weighted by Gasteiger charge is 2.15. The second kappa shape index (κ2) is 9.13. The van der Waals surface area contributed by atoms with Crippen LogP contribution >= 0.6 is 0 Å². The first-order valence-electron chi connectivity index (χ1n) is 9.89. The minimum atomic E-state index is -0.410. The highest BCUT2D eigenvalue weighted by atomic mass is 16.5. The number of rotatable bonds is 6. The Bertz CT molecular complexity index is 1200. The number of carbonyl (C=O) groups excluding carboxylic acids is 2. The van der Waals surface area contributed by atoms with Crippen molar-refractivity contribution in [2.45, 2.75) is 12.8 Å². The number of nitrogens with one attached hydrogen (secondary N) is 3. The molecule has 0 saturated heterocycles. The number of carbonyl (C=O) groups is 2. The Morgan fingerprint density at radius 1 is 1.00 bits per heavy atom. The first-order valence-corrected chi connectivity index (χ1v) is 9.89. The molecule has 0 radical (unpaired) electrons.